The van der Waals surface area contributed by atoms with E-state index < -0.39 is 0 Å². The van der Waals surface area contributed by atoms with Gasteiger partial charge in [-0.2, -0.15) is 0 Å². The van der Waals surface area contributed by atoms with E-state index in [-0.39, 0.29) is 5.38 Å². The molecule has 2 rings (SSSR count). The molecule has 0 nitrogen and oxygen atoms in total. The van der Waals surface area contributed by atoms with E-state index in [1.54, 1.807) is 0 Å². The minimum atomic E-state index is -0.0985. The molecule has 0 aliphatic heterocycles. The SMILES string of the molecule is Cc1cc(C(Cl)c2cccc(C)c2I)c(C)cc1Br. The zero-order chi connectivity index (χ0) is 14.2. The molecule has 0 aliphatic carbocycles. The molecule has 0 aromatic heterocycles. The van der Waals surface area contributed by atoms with Crippen LogP contribution in [0.3, 0.4) is 0 Å². The molecule has 0 spiro atoms. The number of aryl methyl sites for hydroxylation is 3. The number of hydrogen-bond acceptors (Lipinski definition) is 0. The lowest BCUT2D eigenvalue weighted by atomic mass is 9.97. The number of rotatable bonds is 2. The molecule has 2 aromatic rings. The molecule has 0 heterocycles. The molecule has 0 saturated carbocycles. The first-order chi connectivity index (χ1) is 8.91. The summed E-state index contributed by atoms with van der Waals surface area (Å²) in [6.07, 6.45) is 0. The third kappa shape index (κ3) is 3.17. The van der Waals surface area contributed by atoms with Crippen molar-refractivity contribution >= 4 is 50.1 Å². The minimum Gasteiger partial charge on any atom is -0.113 e. The van der Waals surface area contributed by atoms with E-state index in [1.807, 2.05) is 0 Å². The van der Waals surface area contributed by atoms with Crippen LogP contribution in [-0.2, 0) is 0 Å². The van der Waals surface area contributed by atoms with Crippen LogP contribution >= 0.6 is 50.1 Å². The fourth-order valence-corrected chi connectivity index (χ4v) is 3.84. The van der Waals surface area contributed by atoms with Crippen molar-refractivity contribution in [2.75, 3.05) is 0 Å². The summed E-state index contributed by atoms with van der Waals surface area (Å²) in [6.45, 7) is 6.32. The van der Waals surface area contributed by atoms with Crippen LogP contribution in [0.25, 0.3) is 0 Å². The predicted octanol–water partition coefficient (Wildman–Crippen LogP) is 6.31. The van der Waals surface area contributed by atoms with Gasteiger partial charge < -0.3 is 0 Å². The van der Waals surface area contributed by atoms with E-state index in [9.17, 15) is 0 Å². The Balaban J connectivity index is 2.53. The maximum atomic E-state index is 6.72. The number of benzene rings is 2. The highest BCUT2D eigenvalue weighted by Crippen LogP contribution is 2.36. The van der Waals surface area contributed by atoms with Gasteiger partial charge in [0.05, 0.1) is 5.38 Å². The second-order valence-electron chi connectivity index (χ2n) is 4.80. The van der Waals surface area contributed by atoms with Crippen molar-refractivity contribution in [1.29, 1.82) is 0 Å². The van der Waals surface area contributed by atoms with Crippen LogP contribution in [0, 0.1) is 24.3 Å². The fraction of sp³-hybridized carbons (Fsp3) is 0.250. The van der Waals surface area contributed by atoms with E-state index in [0.29, 0.717) is 0 Å². The first-order valence-corrected chi connectivity index (χ1v) is 8.38. The van der Waals surface area contributed by atoms with Crippen LogP contribution in [0.2, 0.25) is 0 Å². The Bertz CT molecular complexity index is 622. The predicted molar refractivity (Wildman–Crippen MR) is 95.2 cm³/mol. The van der Waals surface area contributed by atoms with Gasteiger partial charge in [-0.15, -0.1) is 11.6 Å². The van der Waals surface area contributed by atoms with Gasteiger partial charge in [-0.1, -0.05) is 40.2 Å². The lowest BCUT2D eigenvalue weighted by molar-refractivity contribution is 1.08. The first kappa shape index (κ1) is 15.3. The molecule has 0 fully saturated rings. The van der Waals surface area contributed by atoms with Crippen molar-refractivity contribution in [2.24, 2.45) is 0 Å². The molecule has 0 aliphatic rings. The van der Waals surface area contributed by atoms with Crippen molar-refractivity contribution < 1.29 is 0 Å². The van der Waals surface area contributed by atoms with Crippen molar-refractivity contribution in [3.05, 3.63) is 66.2 Å². The largest absolute Gasteiger partial charge is 0.113 e. The standard InChI is InChI=1S/C16H15BrClI/c1-9-5-4-6-12(16(9)19)15(18)13-7-11(3)14(17)8-10(13)2/h4-8,15H,1-3H3. The summed E-state index contributed by atoms with van der Waals surface area (Å²) >= 11 is 12.7. The van der Waals surface area contributed by atoms with Crippen LogP contribution in [0.4, 0.5) is 0 Å². The maximum absolute atomic E-state index is 6.72. The number of halogens is 3. The Hall–Kier alpha value is -0.0600. The van der Waals surface area contributed by atoms with Gasteiger partial charge in [0, 0.05) is 8.04 Å². The van der Waals surface area contributed by atoms with Crippen LogP contribution in [0.1, 0.15) is 33.2 Å². The average molecular weight is 450 g/mol. The van der Waals surface area contributed by atoms with Crippen LogP contribution < -0.4 is 0 Å². The van der Waals surface area contributed by atoms with E-state index in [2.05, 4.69) is 89.6 Å². The summed E-state index contributed by atoms with van der Waals surface area (Å²) in [5, 5.41) is -0.0985. The van der Waals surface area contributed by atoms with Gasteiger partial charge in [0.15, 0.2) is 0 Å². The molecule has 0 saturated heterocycles. The van der Waals surface area contributed by atoms with Crippen molar-refractivity contribution in [1.82, 2.24) is 0 Å². The minimum absolute atomic E-state index is 0.0985. The molecule has 0 amide bonds. The number of hydrogen-bond donors (Lipinski definition) is 0. The van der Waals surface area contributed by atoms with Gasteiger partial charge in [-0.25, -0.2) is 0 Å². The summed E-state index contributed by atoms with van der Waals surface area (Å²) < 4.78 is 2.39. The Morgan fingerprint density at radius 1 is 1.00 bits per heavy atom. The quantitative estimate of drug-likeness (QED) is 0.372. The normalized spacial score (nSPS) is 12.5. The molecule has 0 radical (unpaired) electrons. The van der Waals surface area contributed by atoms with Crippen LogP contribution in [0.15, 0.2) is 34.8 Å². The summed E-state index contributed by atoms with van der Waals surface area (Å²) in [7, 11) is 0. The Morgan fingerprint density at radius 2 is 1.68 bits per heavy atom. The van der Waals surface area contributed by atoms with Crippen LogP contribution in [-0.4, -0.2) is 0 Å². The Labute approximate surface area is 141 Å². The molecular formula is C16H15BrClI. The Morgan fingerprint density at radius 3 is 2.37 bits per heavy atom. The zero-order valence-electron chi connectivity index (χ0n) is 11.1. The first-order valence-electron chi connectivity index (χ1n) is 6.07. The highest BCUT2D eigenvalue weighted by Gasteiger charge is 2.17. The molecule has 1 atom stereocenters. The molecule has 3 heteroatoms. The lowest BCUT2D eigenvalue weighted by Crippen LogP contribution is -2.01. The zero-order valence-corrected chi connectivity index (χ0v) is 15.6. The highest BCUT2D eigenvalue weighted by atomic mass is 127. The topological polar surface area (TPSA) is 0 Å². The molecule has 19 heavy (non-hydrogen) atoms. The average Bonchev–Trinajstić information content (AvgIpc) is 2.36. The lowest BCUT2D eigenvalue weighted by Gasteiger charge is -2.17. The molecule has 100 valence electrons. The van der Waals surface area contributed by atoms with Gasteiger partial charge >= 0.3 is 0 Å². The van der Waals surface area contributed by atoms with Gasteiger partial charge in [-0.3, -0.25) is 0 Å². The van der Waals surface area contributed by atoms with Gasteiger partial charge in [0.2, 0.25) is 0 Å². The fourth-order valence-electron chi connectivity index (χ4n) is 2.11. The molecule has 1 unspecified atom stereocenters. The van der Waals surface area contributed by atoms with E-state index in [0.717, 1.165) is 4.47 Å². The molecule has 2 aromatic carbocycles. The summed E-state index contributed by atoms with van der Waals surface area (Å²) in [4.78, 5) is 0. The summed E-state index contributed by atoms with van der Waals surface area (Å²) in [5.41, 5.74) is 6.08. The van der Waals surface area contributed by atoms with E-state index in [4.69, 9.17) is 11.6 Å². The van der Waals surface area contributed by atoms with Gasteiger partial charge in [0.25, 0.3) is 0 Å². The van der Waals surface area contributed by atoms with Gasteiger partial charge in [-0.05, 0) is 77.2 Å². The maximum Gasteiger partial charge on any atom is 0.0848 e. The molecular weight excluding hydrogens is 434 g/mol. The summed E-state index contributed by atoms with van der Waals surface area (Å²) in [5.74, 6) is 0. The molecule has 0 N–H and O–H groups in total. The summed E-state index contributed by atoms with van der Waals surface area (Å²) in [6, 6.07) is 10.6. The Kier molecular flexibility index (Phi) is 4.96. The third-order valence-corrected chi connectivity index (χ3v) is 6.11. The van der Waals surface area contributed by atoms with Crippen molar-refractivity contribution in [3.8, 4) is 0 Å². The molecule has 0 bridgehead atoms. The number of alkyl halides is 1. The van der Waals surface area contributed by atoms with E-state index in [1.165, 1.54) is 31.4 Å². The van der Waals surface area contributed by atoms with E-state index >= 15 is 0 Å². The second kappa shape index (κ2) is 6.15. The van der Waals surface area contributed by atoms with Crippen LogP contribution in [0.5, 0.6) is 0 Å². The van der Waals surface area contributed by atoms with Crippen molar-refractivity contribution in [3.63, 3.8) is 0 Å². The third-order valence-electron chi connectivity index (χ3n) is 3.32. The monoisotopic (exact) mass is 448 g/mol. The highest BCUT2D eigenvalue weighted by molar-refractivity contribution is 14.1. The van der Waals surface area contributed by atoms with Gasteiger partial charge in [0.1, 0.15) is 0 Å². The second-order valence-corrected chi connectivity index (χ2v) is 7.17. The van der Waals surface area contributed by atoms with Crippen molar-refractivity contribution in [2.45, 2.75) is 26.1 Å². The smallest absolute Gasteiger partial charge is 0.0848 e.